The van der Waals surface area contributed by atoms with Crippen molar-refractivity contribution in [2.45, 2.75) is 71.6 Å². The maximum Gasteiger partial charge on any atom is 0.0700 e. The molecule has 0 bridgehead atoms. The van der Waals surface area contributed by atoms with E-state index in [0.29, 0.717) is 0 Å². The van der Waals surface area contributed by atoms with Crippen LogP contribution in [0.1, 0.15) is 71.6 Å². The van der Waals surface area contributed by atoms with E-state index in [1.165, 1.54) is 51.4 Å². The van der Waals surface area contributed by atoms with Gasteiger partial charge < -0.3 is 9.47 Å². The quantitative estimate of drug-likeness (QED) is 0.417. The SMILES string of the molecule is CCCCCCCCCCOCCOCCC. The van der Waals surface area contributed by atoms with Gasteiger partial charge in [-0.25, -0.2) is 0 Å². The summed E-state index contributed by atoms with van der Waals surface area (Å²) in [5, 5.41) is 0. The summed E-state index contributed by atoms with van der Waals surface area (Å²) in [4.78, 5) is 0. The second kappa shape index (κ2) is 15.9. The summed E-state index contributed by atoms with van der Waals surface area (Å²) < 4.78 is 10.8. The Bertz CT molecular complexity index is 112. The van der Waals surface area contributed by atoms with Crippen LogP contribution >= 0.6 is 0 Å². The third-order valence-electron chi connectivity index (χ3n) is 2.86. The molecule has 0 aromatic rings. The number of ether oxygens (including phenoxy) is 2. The highest BCUT2D eigenvalue weighted by Crippen LogP contribution is 2.08. The van der Waals surface area contributed by atoms with Crippen molar-refractivity contribution >= 4 is 0 Å². The van der Waals surface area contributed by atoms with E-state index < -0.39 is 0 Å². The first-order valence-corrected chi connectivity index (χ1v) is 7.57. The minimum absolute atomic E-state index is 0.755. The molecule has 0 saturated heterocycles. The number of hydrogen-bond donors (Lipinski definition) is 0. The second-order valence-electron chi connectivity index (χ2n) is 4.70. The molecule has 0 amide bonds. The summed E-state index contributed by atoms with van der Waals surface area (Å²) in [6.07, 6.45) is 12.0. The van der Waals surface area contributed by atoms with E-state index in [4.69, 9.17) is 9.47 Å². The molecular weight excluding hydrogens is 212 g/mol. The van der Waals surface area contributed by atoms with Crippen molar-refractivity contribution < 1.29 is 9.47 Å². The summed E-state index contributed by atoms with van der Waals surface area (Å²) >= 11 is 0. The first kappa shape index (κ1) is 16.9. The Morgan fingerprint density at radius 3 is 1.59 bits per heavy atom. The molecule has 0 unspecified atom stereocenters. The molecule has 0 fully saturated rings. The van der Waals surface area contributed by atoms with Crippen LogP contribution in [-0.4, -0.2) is 26.4 Å². The minimum Gasteiger partial charge on any atom is -0.379 e. The maximum absolute atomic E-state index is 5.50. The molecule has 0 aromatic carbocycles. The minimum atomic E-state index is 0.755. The van der Waals surface area contributed by atoms with Gasteiger partial charge in [0.2, 0.25) is 0 Å². The molecule has 0 N–H and O–H groups in total. The molecular formula is C15H32O2. The van der Waals surface area contributed by atoms with Gasteiger partial charge in [0.25, 0.3) is 0 Å². The monoisotopic (exact) mass is 244 g/mol. The molecule has 17 heavy (non-hydrogen) atoms. The van der Waals surface area contributed by atoms with Crippen LogP contribution < -0.4 is 0 Å². The fraction of sp³-hybridized carbons (Fsp3) is 1.00. The summed E-state index contributed by atoms with van der Waals surface area (Å²) in [5.74, 6) is 0. The largest absolute Gasteiger partial charge is 0.379 e. The van der Waals surface area contributed by atoms with Crippen LogP contribution in [0, 0.1) is 0 Å². The Morgan fingerprint density at radius 1 is 0.471 bits per heavy atom. The number of unbranched alkanes of at least 4 members (excludes halogenated alkanes) is 7. The summed E-state index contributed by atoms with van der Waals surface area (Å²) in [6, 6.07) is 0. The highest BCUT2D eigenvalue weighted by Gasteiger charge is 1.92. The van der Waals surface area contributed by atoms with E-state index in [2.05, 4.69) is 13.8 Å². The lowest BCUT2D eigenvalue weighted by atomic mass is 10.1. The topological polar surface area (TPSA) is 18.5 Å². The lowest BCUT2D eigenvalue weighted by molar-refractivity contribution is 0.0465. The van der Waals surface area contributed by atoms with Gasteiger partial charge in [-0.05, 0) is 12.8 Å². The first-order chi connectivity index (χ1) is 8.41. The predicted molar refractivity (Wildman–Crippen MR) is 74.5 cm³/mol. The maximum atomic E-state index is 5.50. The van der Waals surface area contributed by atoms with Gasteiger partial charge in [-0.15, -0.1) is 0 Å². The molecule has 0 aliphatic carbocycles. The molecule has 0 aliphatic heterocycles. The molecule has 0 aromatic heterocycles. The Labute approximate surface area is 108 Å². The van der Waals surface area contributed by atoms with Gasteiger partial charge in [0.1, 0.15) is 0 Å². The predicted octanol–water partition coefficient (Wildman–Crippen LogP) is 4.57. The van der Waals surface area contributed by atoms with E-state index >= 15 is 0 Å². The van der Waals surface area contributed by atoms with Gasteiger partial charge in [0.05, 0.1) is 13.2 Å². The van der Waals surface area contributed by atoms with Crippen LogP contribution in [0.2, 0.25) is 0 Å². The summed E-state index contributed by atoms with van der Waals surface area (Å²) in [7, 11) is 0. The van der Waals surface area contributed by atoms with Crippen LogP contribution in [0.5, 0.6) is 0 Å². The molecule has 2 heteroatoms. The second-order valence-corrected chi connectivity index (χ2v) is 4.70. The Balaban J connectivity index is 2.85. The molecule has 0 rings (SSSR count). The van der Waals surface area contributed by atoms with E-state index in [1.54, 1.807) is 0 Å². The third kappa shape index (κ3) is 15.9. The van der Waals surface area contributed by atoms with Crippen LogP contribution in [0.15, 0.2) is 0 Å². The molecule has 2 nitrogen and oxygen atoms in total. The van der Waals surface area contributed by atoms with Crippen molar-refractivity contribution in [2.24, 2.45) is 0 Å². The Hall–Kier alpha value is -0.0800. The van der Waals surface area contributed by atoms with E-state index in [0.717, 1.165) is 32.8 Å². The van der Waals surface area contributed by atoms with Gasteiger partial charge in [0.15, 0.2) is 0 Å². The highest BCUT2D eigenvalue weighted by atomic mass is 16.5. The summed E-state index contributed by atoms with van der Waals surface area (Å²) in [5.41, 5.74) is 0. The third-order valence-corrected chi connectivity index (χ3v) is 2.86. The average molecular weight is 244 g/mol. The van der Waals surface area contributed by atoms with Crippen molar-refractivity contribution in [3.8, 4) is 0 Å². The molecule has 0 aliphatic rings. The van der Waals surface area contributed by atoms with E-state index in [9.17, 15) is 0 Å². The molecule has 0 radical (unpaired) electrons. The van der Waals surface area contributed by atoms with Gasteiger partial charge in [0, 0.05) is 13.2 Å². The highest BCUT2D eigenvalue weighted by molar-refractivity contribution is 4.45. The van der Waals surface area contributed by atoms with Gasteiger partial charge in [-0.3, -0.25) is 0 Å². The van der Waals surface area contributed by atoms with Crippen molar-refractivity contribution in [3.63, 3.8) is 0 Å². The number of hydrogen-bond acceptors (Lipinski definition) is 2. The molecule has 104 valence electrons. The van der Waals surface area contributed by atoms with Crippen LogP contribution in [0.4, 0.5) is 0 Å². The van der Waals surface area contributed by atoms with Crippen molar-refractivity contribution in [1.29, 1.82) is 0 Å². The zero-order valence-corrected chi connectivity index (χ0v) is 12.0. The molecule has 0 spiro atoms. The smallest absolute Gasteiger partial charge is 0.0700 e. The first-order valence-electron chi connectivity index (χ1n) is 7.57. The average Bonchev–Trinajstić information content (AvgIpc) is 2.35. The van der Waals surface area contributed by atoms with Gasteiger partial charge in [-0.2, -0.15) is 0 Å². The molecule has 0 heterocycles. The zero-order valence-electron chi connectivity index (χ0n) is 12.0. The Kier molecular flexibility index (Phi) is 15.8. The Morgan fingerprint density at radius 2 is 1.00 bits per heavy atom. The van der Waals surface area contributed by atoms with Gasteiger partial charge >= 0.3 is 0 Å². The lowest BCUT2D eigenvalue weighted by Crippen LogP contribution is -2.05. The van der Waals surface area contributed by atoms with Crippen molar-refractivity contribution in [1.82, 2.24) is 0 Å². The summed E-state index contributed by atoms with van der Waals surface area (Å²) in [6.45, 7) is 7.68. The normalized spacial score (nSPS) is 10.9. The zero-order chi connectivity index (χ0) is 12.6. The van der Waals surface area contributed by atoms with Crippen molar-refractivity contribution in [2.75, 3.05) is 26.4 Å². The van der Waals surface area contributed by atoms with Crippen molar-refractivity contribution in [3.05, 3.63) is 0 Å². The van der Waals surface area contributed by atoms with Crippen LogP contribution in [-0.2, 0) is 9.47 Å². The lowest BCUT2D eigenvalue weighted by Gasteiger charge is -2.05. The van der Waals surface area contributed by atoms with Crippen LogP contribution in [0.3, 0.4) is 0 Å². The van der Waals surface area contributed by atoms with Crippen LogP contribution in [0.25, 0.3) is 0 Å². The fourth-order valence-electron chi connectivity index (χ4n) is 1.80. The molecule has 0 saturated carbocycles. The van der Waals surface area contributed by atoms with E-state index in [1.807, 2.05) is 0 Å². The number of rotatable bonds is 14. The van der Waals surface area contributed by atoms with E-state index in [-0.39, 0.29) is 0 Å². The van der Waals surface area contributed by atoms with Gasteiger partial charge in [-0.1, -0.05) is 58.8 Å². The fourth-order valence-corrected chi connectivity index (χ4v) is 1.80. The molecule has 0 atom stereocenters. The standard InChI is InChI=1S/C15H32O2/c1-3-5-6-7-8-9-10-11-13-17-15-14-16-12-4-2/h3-15H2,1-2H3.